The minimum Gasteiger partial charge on any atom is -0.396 e. The molecule has 1 unspecified atom stereocenters. The van der Waals surface area contributed by atoms with Crippen molar-refractivity contribution in [2.75, 3.05) is 26.2 Å². The van der Waals surface area contributed by atoms with E-state index in [1.54, 1.807) is 0 Å². The molecule has 0 aromatic heterocycles. The molecule has 1 heterocycles. The Balaban J connectivity index is 1.87. The van der Waals surface area contributed by atoms with Gasteiger partial charge in [0.25, 0.3) is 0 Å². The summed E-state index contributed by atoms with van der Waals surface area (Å²) in [5.74, 6) is 0.485. The number of benzene rings is 1. The zero-order valence-electron chi connectivity index (χ0n) is 11.8. The number of hydrogen-bond donors (Lipinski definition) is 3. The van der Waals surface area contributed by atoms with Crippen LogP contribution < -0.4 is 10.6 Å². The lowest BCUT2D eigenvalue weighted by Crippen LogP contribution is -2.39. The molecule has 0 radical (unpaired) electrons. The highest BCUT2D eigenvalue weighted by Crippen LogP contribution is 2.19. The second-order valence-electron chi connectivity index (χ2n) is 5.39. The molecule has 1 fully saturated rings. The van der Waals surface area contributed by atoms with Gasteiger partial charge in [-0.15, -0.1) is 0 Å². The fourth-order valence-electron chi connectivity index (χ4n) is 2.72. The van der Waals surface area contributed by atoms with E-state index in [4.69, 9.17) is 0 Å². The first-order chi connectivity index (χ1) is 9.81. The third-order valence-corrected chi connectivity index (χ3v) is 3.98. The van der Waals surface area contributed by atoms with Crippen LogP contribution in [0.3, 0.4) is 0 Å². The highest BCUT2D eigenvalue weighted by atomic mass is 16.3. The van der Waals surface area contributed by atoms with E-state index in [2.05, 4.69) is 22.8 Å². The summed E-state index contributed by atoms with van der Waals surface area (Å²) in [4.78, 5) is 12.1. The van der Waals surface area contributed by atoms with Crippen molar-refractivity contribution in [1.29, 1.82) is 0 Å². The molecule has 0 saturated carbocycles. The number of nitrogens with one attached hydrogen (secondary N) is 2. The van der Waals surface area contributed by atoms with Crippen LogP contribution in [0.1, 0.15) is 30.7 Å². The summed E-state index contributed by atoms with van der Waals surface area (Å²) in [6.07, 6.45) is 2.51. The molecule has 110 valence electrons. The first-order valence-corrected chi connectivity index (χ1v) is 7.45. The van der Waals surface area contributed by atoms with Gasteiger partial charge in [-0.05, 0) is 37.9 Å². The second kappa shape index (κ2) is 8.02. The predicted molar refractivity (Wildman–Crippen MR) is 79.5 cm³/mol. The van der Waals surface area contributed by atoms with Crippen LogP contribution in [0.15, 0.2) is 30.3 Å². The largest absolute Gasteiger partial charge is 0.396 e. The summed E-state index contributed by atoms with van der Waals surface area (Å²) >= 11 is 0. The predicted octanol–water partition coefficient (Wildman–Crippen LogP) is 1.27. The van der Waals surface area contributed by atoms with E-state index in [-0.39, 0.29) is 24.3 Å². The second-order valence-corrected chi connectivity index (χ2v) is 5.39. The summed E-state index contributed by atoms with van der Waals surface area (Å²) in [5, 5.41) is 15.5. The van der Waals surface area contributed by atoms with Gasteiger partial charge in [0.2, 0.25) is 5.91 Å². The van der Waals surface area contributed by atoms with Crippen LogP contribution >= 0.6 is 0 Å². The average molecular weight is 276 g/mol. The molecule has 20 heavy (non-hydrogen) atoms. The fraction of sp³-hybridized carbons (Fsp3) is 0.562. The zero-order chi connectivity index (χ0) is 14.2. The number of carbonyl (C=O) groups is 1. The van der Waals surface area contributed by atoms with E-state index < -0.39 is 0 Å². The number of carbonyl (C=O) groups excluding carboxylic acids is 1. The van der Waals surface area contributed by atoms with Crippen LogP contribution in [0.4, 0.5) is 0 Å². The summed E-state index contributed by atoms with van der Waals surface area (Å²) in [7, 11) is 0. The van der Waals surface area contributed by atoms with Gasteiger partial charge in [-0.25, -0.2) is 0 Å². The van der Waals surface area contributed by atoms with Gasteiger partial charge in [0, 0.05) is 25.0 Å². The molecule has 4 nitrogen and oxygen atoms in total. The summed E-state index contributed by atoms with van der Waals surface area (Å²) < 4.78 is 0. The van der Waals surface area contributed by atoms with Gasteiger partial charge < -0.3 is 15.7 Å². The van der Waals surface area contributed by atoms with Crippen LogP contribution in [0.25, 0.3) is 0 Å². The Morgan fingerprint density at radius 3 is 2.65 bits per heavy atom. The van der Waals surface area contributed by atoms with Gasteiger partial charge in [0.15, 0.2) is 0 Å². The number of amides is 1. The van der Waals surface area contributed by atoms with Gasteiger partial charge >= 0.3 is 0 Å². The first-order valence-electron chi connectivity index (χ1n) is 7.45. The van der Waals surface area contributed by atoms with E-state index in [1.165, 1.54) is 5.56 Å². The maximum absolute atomic E-state index is 12.1. The third-order valence-electron chi connectivity index (χ3n) is 3.98. The Kier molecular flexibility index (Phi) is 6.02. The molecule has 4 heteroatoms. The van der Waals surface area contributed by atoms with Crippen molar-refractivity contribution >= 4 is 5.91 Å². The van der Waals surface area contributed by atoms with Crippen molar-refractivity contribution < 1.29 is 9.90 Å². The maximum atomic E-state index is 12.1. The standard InChI is InChI=1S/C16H24N2O2/c19-11-8-15(13-4-2-1-3-5-13)12-18-16(20)14-6-9-17-10-7-14/h1-5,14-15,17,19H,6-12H2,(H,18,20). The molecule has 1 aliphatic heterocycles. The third kappa shape index (κ3) is 4.32. The van der Waals surface area contributed by atoms with E-state index in [9.17, 15) is 9.90 Å². The van der Waals surface area contributed by atoms with Gasteiger partial charge in [-0.2, -0.15) is 0 Å². The molecule has 1 atom stereocenters. The van der Waals surface area contributed by atoms with Crippen molar-refractivity contribution in [2.45, 2.75) is 25.2 Å². The van der Waals surface area contributed by atoms with Crippen LogP contribution in [0, 0.1) is 5.92 Å². The minimum absolute atomic E-state index is 0.141. The smallest absolute Gasteiger partial charge is 0.223 e. The molecule has 1 aromatic rings. The summed E-state index contributed by atoms with van der Waals surface area (Å²) in [5.41, 5.74) is 1.17. The van der Waals surface area contributed by atoms with Gasteiger partial charge in [0.05, 0.1) is 0 Å². The number of aliphatic hydroxyl groups excluding tert-OH is 1. The van der Waals surface area contributed by atoms with Crippen molar-refractivity contribution in [1.82, 2.24) is 10.6 Å². The molecule has 1 aliphatic rings. The monoisotopic (exact) mass is 276 g/mol. The molecule has 3 N–H and O–H groups in total. The van der Waals surface area contributed by atoms with Crippen molar-refractivity contribution in [3.8, 4) is 0 Å². The van der Waals surface area contributed by atoms with Crippen LogP contribution in [-0.2, 0) is 4.79 Å². The Hall–Kier alpha value is -1.39. The first kappa shape index (κ1) is 15.0. The average Bonchev–Trinajstić information content (AvgIpc) is 2.53. The Morgan fingerprint density at radius 1 is 1.30 bits per heavy atom. The molecule has 2 rings (SSSR count). The lowest BCUT2D eigenvalue weighted by Gasteiger charge is -2.23. The number of piperidine rings is 1. The van der Waals surface area contributed by atoms with E-state index in [0.29, 0.717) is 13.0 Å². The molecule has 0 aliphatic carbocycles. The van der Waals surface area contributed by atoms with Gasteiger partial charge in [0.1, 0.15) is 0 Å². The van der Waals surface area contributed by atoms with Gasteiger partial charge in [-0.1, -0.05) is 30.3 Å². The van der Waals surface area contributed by atoms with E-state index >= 15 is 0 Å². The van der Waals surface area contributed by atoms with Crippen molar-refractivity contribution in [2.24, 2.45) is 5.92 Å². The topological polar surface area (TPSA) is 61.4 Å². The molecule has 1 amide bonds. The zero-order valence-corrected chi connectivity index (χ0v) is 11.8. The van der Waals surface area contributed by atoms with Crippen LogP contribution in [-0.4, -0.2) is 37.3 Å². The van der Waals surface area contributed by atoms with Crippen molar-refractivity contribution in [3.63, 3.8) is 0 Å². The van der Waals surface area contributed by atoms with E-state index in [0.717, 1.165) is 25.9 Å². The maximum Gasteiger partial charge on any atom is 0.223 e. The Bertz CT molecular complexity index is 402. The summed E-state index contributed by atoms with van der Waals surface area (Å²) in [6.45, 7) is 2.60. The number of rotatable bonds is 6. The minimum atomic E-state index is 0.141. The number of hydrogen-bond acceptors (Lipinski definition) is 3. The molecule has 1 aromatic carbocycles. The molecular weight excluding hydrogens is 252 g/mol. The molecule has 1 saturated heterocycles. The Morgan fingerprint density at radius 2 is 2.00 bits per heavy atom. The van der Waals surface area contributed by atoms with E-state index in [1.807, 2.05) is 18.2 Å². The summed E-state index contributed by atoms with van der Waals surface area (Å²) in [6, 6.07) is 10.1. The quantitative estimate of drug-likeness (QED) is 0.733. The Labute approximate surface area is 120 Å². The SMILES string of the molecule is O=C(NCC(CCO)c1ccccc1)C1CCNCC1. The fourth-order valence-corrected chi connectivity index (χ4v) is 2.72. The molecule has 0 bridgehead atoms. The molecular formula is C16H24N2O2. The van der Waals surface area contributed by atoms with Gasteiger partial charge in [-0.3, -0.25) is 4.79 Å². The highest BCUT2D eigenvalue weighted by molar-refractivity contribution is 5.78. The van der Waals surface area contributed by atoms with Crippen LogP contribution in [0.2, 0.25) is 0 Å². The number of aliphatic hydroxyl groups is 1. The normalized spacial score (nSPS) is 17.6. The van der Waals surface area contributed by atoms with Crippen LogP contribution in [0.5, 0.6) is 0 Å². The van der Waals surface area contributed by atoms with Crippen molar-refractivity contribution in [3.05, 3.63) is 35.9 Å². The highest BCUT2D eigenvalue weighted by Gasteiger charge is 2.21. The lowest BCUT2D eigenvalue weighted by atomic mass is 9.94. The molecule has 0 spiro atoms. The lowest BCUT2D eigenvalue weighted by molar-refractivity contribution is -0.125.